The van der Waals surface area contributed by atoms with Crippen LogP contribution >= 0.6 is 11.8 Å². The molecule has 178 valence electrons. The molecule has 31 heavy (non-hydrogen) atoms. The Balaban J connectivity index is 3.53. The van der Waals surface area contributed by atoms with Crippen molar-refractivity contribution in [2.24, 2.45) is 11.5 Å². The van der Waals surface area contributed by atoms with E-state index in [4.69, 9.17) is 16.2 Å². The fourth-order valence-electron chi connectivity index (χ4n) is 3.91. The summed E-state index contributed by atoms with van der Waals surface area (Å²) in [5.41, 5.74) is 1.74. The van der Waals surface area contributed by atoms with Gasteiger partial charge in [-0.3, -0.25) is 19.2 Å². The van der Waals surface area contributed by atoms with Gasteiger partial charge in [0.15, 0.2) is 34.1 Å². The molecule has 12 heteroatoms. The molecule has 8 N–H and O–H groups in total. The summed E-state index contributed by atoms with van der Waals surface area (Å²) in [6.07, 6.45) is -0.804. The van der Waals surface area contributed by atoms with Crippen LogP contribution in [0.3, 0.4) is 0 Å². The van der Waals surface area contributed by atoms with E-state index in [0.717, 1.165) is 32.5 Å². The van der Waals surface area contributed by atoms with E-state index < -0.39 is 64.1 Å². The predicted octanol–water partition coefficient (Wildman–Crippen LogP) is -2.58. The van der Waals surface area contributed by atoms with Crippen LogP contribution in [-0.2, 0) is 23.9 Å². The molecule has 0 aromatic heterocycles. The normalized spacial score (nSPS) is 36.6. The quantitative estimate of drug-likeness (QED) is 0.174. The van der Waals surface area contributed by atoms with Crippen molar-refractivity contribution in [3.8, 4) is 0 Å². The van der Waals surface area contributed by atoms with Gasteiger partial charge in [-0.25, -0.2) is 0 Å². The summed E-state index contributed by atoms with van der Waals surface area (Å²) >= 11 is 1.06. The molecule has 1 aliphatic rings. The van der Waals surface area contributed by atoms with Crippen molar-refractivity contribution in [2.45, 2.75) is 75.2 Å². The van der Waals surface area contributed by atoms with E-state index in [1.165, 1.54) is 0 Å². The van der Waals surface area contributed by atoms with Gasteiger partial charge in [-0.2, -0.15) is 11.8 Å². The first-order valence-electron chi connectivity index (χ1n) is 9.73. The second-order valence-corrected chi connectivity index (χ2v) is 9.09. The first-order valence-corrected chi connectivity index (χ1v) is 10.9. The first kappa shape index (κ1) is 27.8. The summed E-state index contributed by atoms with van der Waals surface area (Å²) < 4.78 is 5.17. The lowest BCUT2D eigenvalue weighted by Crippen LogP contribution is -2.93. The largest absolute Gasteiger partial charge is 0.394 e. The third kappa shape index (κ3) is 4.11. The monoisotopic (exact) mass is 464 g/mol. The Bertz CT molecular complexity index is 748. The molecule has 1 aliphatic heterocycles. The number of nitrogens with two attached hydrogens (primary N) is 2. The highest BCUT2D eigenvalue weighted by Gasteiger charge is 2.82. The van der Waals surface area contributed by atoms with E-state index in [2.05, 4.69) is 0 Å². The van der Waals surface area contributed by atoms with Gasteiger partial charge in [0.25, 0.3) is 5.79 Å². The van der Waals surface area contributed by atoms with Crippen LogP contribution in [0, 0.1) is 0 Å². The number of ether oxygens (including phenoxy) is 1. The van der Waals surface area contributed by atoms with Crippen molar-refractivity contribution >= 4 is 34.9 Å². The molecule has 0 aromatic carbocycles. The average Bonchev–Trinajstić information content (AvgIpc) is 2.67. The highest BCUT2D eigenvalue weighted by Crippen LogP contribution is 2.49. The lowest BCUT2D eigenvalue weighted by molar-refractivity contribution is -0.352. The Morgan fingerprint density at radius 1 is 1.06 bits per heavy atom. The second-order valence-electron chi connectivity index (χ2n) is 7.98. The molecule has 11 nitrogen and oxygen atoms in total. The highest BCUT2D eigenvalue weighted by molar-refractivity contribution is 7.99. The van der Waals surface area contributed by atoms with Gasteiger partial charge < -0.3 is 36.6 Å². The maximum absolute atomic E-state index is 13.0. The van der Waals surface area contributed by atoms with Gasteiger partial charge in [0.1, 0.15) is 6.10 Å². The van der Waals surface area contributed by atoms with E-state index in [-0.39, 0.29) is 6.04 Å². The Kier molecular flexibility index (Phi) is 8.70. The van der Waals surface area contributed by atoms with Crippen molar-refractivity contribution in [2.75, 3.05) is 18.1 Å². The Morgan fingerprint density at radius 2 is 1.61 bits per heavy atom. The average molecular weight is 465 g/mol. The van der Waals surface area contributed by atoms with E-state index in [0.29, 0.717) is 18.6 Å². The molecule has 0 spiro atoms. The van der Waals surface area contributed by atoms with Crippen LogP contribution in [0.5, 0.6) is 0 Å². The molecular weight excluding hydrogens is 432 g/mol. The predicted molar refractivity (Wildman–Crippen MR) is 111 cm³/mol. The number of thioether (sulfide) groups is 1. The summed E-state index contributed by atoms with van der Waals surface area (Å²) in [4.78, 5) is 50.4. The van der Waals surface area contributed by atoms with Crippen molar-refractivity contribution < 1.29 is 44.3 Å². The lowest BCUT2D eigenvalue weighted by atomic mass is 9.56. The number of hydrogen-bond acceptors (Lipinski definition) is 12. The number of aliphatic hydroxyl groups excluding tert-OH is 1. The summed E-state index contributed by atoms with van der Waals surface area (Å²) in [6.45, 7) is 2.91. The smallest absolute Gasteiger partial charge is 0.257 e. The minimum Gasteiger partial charge on any atom is -0.394 e. The van der Waals surface area contributed by atoms with Crippen LogP contribution in [0.25, 0.3) is 0 Å². The number of aliphatic hydroxyl groups is 4. The van der Waals surface area contributed by atoms with Gasteiger partial charge in [0.05, 0.1) is 12.4 Å². The maximum Gasteiger partial charge on any atom is 0.257 e. The van der Waals surface area contributed by atoms with Gasteiger partial charge in [0.2, 0.25) is 5.78 Å². The SMILES string of the molecule is CC(=O)[C@]1(O)[C@@](O)(C(C)=O)[C@@H](CO)OC(O)(C(=O)CSCCCC(C)N)[C@]1(N)C(C)=O. The topological polar surface area (TPSA) is 210 Å². The summed E-state index contributed by atoms with van der Waals surface area (Å²) in [6, 6.07) is -0.0447. The number of hydrogen-bond donors (Lipinski definition) is 6. The fourth-order valence-corrected chi connectivity index (χ4v) is 4.80. The molecule has 0 amide bonds. The summed E-state index contributed by atoms with van der Waals surface area (Å²) in [5.74, 6) is -8.41. The minimum absolute atomic E-state index is 0.0447. The highest BCUT2D eigenvalue weighted by atomic mass is 32.2. The zero-order chi connectivity index (χ0) is 24.4. The summed E-state index contributed by atoms with van der Waals surface area (Å²) in [5, 5.41) is 43.2. The van der Waals surface area contributed by atoms with Crippen LogP contribution in [0.15, 0.2) is 0 Å². The van der Waals surface area contributed by atoms with Crippen molar-refractivity contribution in [3.05, 3.63) is 0 Å². The standard InChI is InChI=1S/C19H32N2O9S/c1-10(20)6-5-7-31-9-14(26)19(29)17(21,12(3)24)18(28,13(4)25)16(27,11(2)23)15(8-22)30-19/h10,15,22,27-29H,5-9,20-21H2,1-4H3/t10?,15-,16-,17+,18+,19?/m1/s1. The van der Waals surface area contributed by atoms with Crippen molar-refractivity contribution in [1.82, 2.24) is 0 Å². The number of rotatable bonds is 11. The molecule has 0 saturated carbocycles. The Morgan fingerprint density at radius 3 is 2.00 bits per heavy atom. The molecular formula is C19H32N2O9S. The van der Waals surface area contributed by atoms with Crippen molar-refractivity contribution in [3.63, 3.8) is 0 Å². The van der Waals surface area contributed by atoms with Crippen LogP contribution in [0.4, 0.5) is 0 Å². The molecule has 0 bridgehead atoms. The van der Waals surface area contributed by atoms with Crippen molar-refractivity contribution in [1.29, 1.82) is 0 Å². The van der Waals surface area contributed by atoms with Gasteiger partial charge in [-0.15, -0.1) is 0 Å². The molecule has 1 rings (SSSR count). The molecule has 0 aliphatic carbocycles. The third-order valence-electron chi connectivity index (χ3n) is 5.76. The number of Topliss-reactive ketones (excluding diaryl/α,β-unsaturated/α-hetero) is 4. The molecule has 0 radical (unpaired) electrons. The Hall–Kier alpha value is -1.25. The molecule has 1 saturated heterocycles. The molecule has 1 heterocycles. The lowest BCUT2D eigenvalue weighted by Gasteiger charge is -2.60. The van der Waals surface area contributed by atoms with Crippen LogP contribution in [-0.4, -0.2) is 96.3 Å². The fraction of sp³-hybridized carbons (Fsp3) is 0.789. The van der Waals surface area contributed by atoms with Crippen LogP contribution in [0.2, 0.25) is 0 Å². The van der Waals surface area contributed by atoms with E-state index in [9.17, 15) is 39.6 Å². The van der Waals surface area contributed by atoms with E-state index in [1.54, 1.807) is 0 Å². The van der Waals surface area contributed by atoms with Crippen LogP contribution in [0.1, 0.15) is 40.5 Å². The molecule has 0 aromatic rings. The van der Waals surface area contributed by atoms with Gasteiger partial charge in [0, 0.05) is 6.04 Å². The number of ketones is 4. The minimum atomic E-state index is -3.48. The zero-order valence-electron chi connectivity index (χ0n) is 18.1. The molecule has 1 fully saturated rings. The zero-order valence-corrected chi connectivity index (χ0v) is 18.9. The van der Waals surface area contributed by atoms with Crippen LogP contribution < -0.4 is 11.5 Å². The summed E-state index contributed by atoms with van der Waals surface area (Å²) in [7, 11) is 0. The molecule has 6 atom stereocenters. The molecule has 2 unspecified atom stereocenters. The van der Waals surface area contributed by atoms with Gasteiger partial charge in [-0.05, 0) is 46.3 Å². The number of carbonyl (C=O) groups excluding carboxylic acids is 4. The third-order valence-corrected chi connectivity index (χ3v) is 6.81. The maximum atomic E-state index is 13.0. The second kappa shape index (κ2) is 9.71. The number of carbonyl (C=O) groups is 4. The van der Waals surface area contributed by atoms with Gasteiger partial charge >= 0.3 is 0 Å². The van der Waals surface area contributed by atoms with Gasteiger partial charge in [-0.1, -0.05) is 0 Å². The Labute approximate surface area is 184 Å². The van der Waals surface area contributed by atoms with E-state index in [1.807, 2.05) is 6.92 Å². The first-order chi connectivity index (χ1) is 14.1. The van der Waals surface area contributed by atoms with E-state index >= 15 is 0 Å².